The molecule has 0 bridgehead atoms. The number of nitrogens with one attached hydrogen (secondary N) is 1. The SMILES string of the molecule is COc1ccc(CNCc2ccc(OCc3ccc(Cl)cc3Cl)cc2)cc1.Cl. The lowest BCUT2D eigenvalue weighted by atomic mass is 10.2. The van der Waals surface area contributed by atoms with Crippen molar-refractivity contribution in [2.75, 3.05) is 7.11 Å². The van der Waals surface area contributed by atoms with Gasteiger partial charge in [0.05, 0.1) is 7.11 Å². The van der Waals surface area contributed by atoms with Crippen molar-refractivity contribution < 1.29 is 9.47 Å². The van der Waals surface area contributed by atoms with E-state index in [1.54, 1.807) is 13.2 Å². The molecule has 6 heteroatoms. The summed E-state index contributed by atoms with van der Waals surface area (Å²) in [5, 5.41) is 4.67. The average Bonchev–Trinajstić information content (AvgIpc) is 2.69. The van der Waals surface area contributed by atoms with Gasteiger partial charge in [0.15, 0.2) is 0 Å². The van der Waals surface area contributed by atoms with Crippen LogP contribution in [-0.2, 0) is 19.7 Å². The summed E-state index contributed by atoms with van der Waals surface area (Å²) in [7, 11) is 1.67. The standard InChI is InChI=1S/C22H21Cl2NO2.ClH/c1-26-20-8-2-16(3-9-20)13-25-14-17-4-10-21(11-5-17)27-15-18-6-7-19(23)12-22(18)24;/h2-12,25H,13-15H2,1H3;1H. The molecule has 0 fully saturated rings. The van der Waals surface area contributed by atoms with Crippen LogP contribution in [-0.4, -0.2) is 7.11 Å². The van der Waals surface area contributed by atoms with Crippen LogP contribution in [0.3, 0.4) is 0 Å². The van der Waals surface area contributed by atoms with Gasteiger partial charge in [0.2, 0.25) is 0 Å². The van der Waals surface area contributed by atoms with Gasteiger partial charge in [-0.3, -0.25) is 0 Å². The van der Waals surface area contributed by atoms with Gasteiger partial charge in [0, 0.05) is 28.7 Å². The molecule has 0 saturated carbocycles. The van der Waals surface area contributed by atoms with E-state index in [9.17, 15) is 0 Å². The molecule has 0 aliphatic rings. The Balaban J connectivity index is 0.00000280. The van der Waals surface area contributed by atoms with Crippen LogP contribution < -0.4 is 14.8 Å². The molecule has 0 heterocycles. The van der Waals surface area contributed by atoms with Crippen LogP contribution in [0.25, 0.3) is 0 Å². The fourth-order valence-corrected chi connectivity index (χ4v) is 3.06. The van der Waals surface area contributed by atoms with Crippen molar-refractivity contribution in [3.8, 4) is 11.5 Å². The molecule has 3 rings (SSSR count). The lowest BCUT2D eigenvalue weighted by molar-refractivity contribution is 0.306. The molecular weight excluding hydrogens is 417 g/mol. The summed E-state index contributed by atoms with van der Waals surface area (Å²) in [5.41, 5.74) is 3.32. The minimum atomic E-state index is 0. The van der Waals surface area contributed by atoms with Crippen LogP contribution in [0, 0.1) is 0 Å². The second-order valence-corrected chi connectivity index (χ2v) is 6.96. The lowest BCUT2D eigenvalue weighted by Gasteiger charge is -2.10. The predicted molar refractivity (Wildman–Crippen MR) is 118 cm³/mol. The fraction of sp³-hybridized carbons (Fsp3) is 0.182. The van der Waals surface area contributed by atoms with Gasteiger partial charge in [0.25, 0.3) is 0 Å². The van der Waals surface area contributed by atoms with Crippen molar-refractivity contribution >= 4 is 35.6 Å². The summed E-state index contributed by atoms with van der Waals surface area (Å²) in [6.45, 7) is 2.00. The number of rotatable bonds is 8. The normalized spacial score (nSPS) is 10.2. The van der Waals surface area contributed by atoms with E-state index in [2.05, 4.69) is 29.6 Å². The van der Waals surface area contributed by atoms with E-state index >= 15 is 0 Å². The quantitative estimate of drug-likeness (QED) is 0.448. The van der Waals surface area contributed by atoms with Crippen LogP contribution in [0.2, 0.25) is 10.0 Å². The molecule has 0 saturated heterocycles. The predicted octanol–water partition coefficient (Wildman–Crippen LogP) is 6.29. The zero-order chi connectivity index (χ0) is 19.1. The number of ether oxygens (including phenoxy) is 2. The van der Waals surface area contributed by atoms with Gasteiger partial charge in [-0.1, -0.05) is 53.5 Å². The minimum absolute atomic E-state index is 0. The van der Waals surface area contributed by atoms with Crippen LogP contribution in [0.4, 0.5) is 0 Å². The summed E-state index contributed by atoms with van der Waals surface area (Å²) >= 11 is 12.1. The Morgan fingerprint density at radius 3 is 1.89 bits per heavy atom. The fourth-order valence-electron chi connectivity index (χ4n) is 2.60. The Bertz CT molecular complexity index is 868. The highest BCUT2D eigenvalue weighted by Crippen LogP contribution is 2.23. The zero-order valence-corrected chi connectivity index (χ0v) is 17.8. The molecule has 0 unspecified atom stereocenters. The summed E-state index contributed by atoms with van der Waals surface area (Å²) < 4.78 is 11.0. The highest BCUT2D eigenvalue weighted by atomic mass is 35.5. The van der Waals surface area contributed by atoms with E-state index in [0.29, 0.717) is 16.7 Å². The topological polar surface area (TPSA) is 30.5 Å². The Labute approximate surface area is 182 Å². The molecule has 0 aliphatic carbocycles. The van der Waals surface area contributed by atoms with Crippen molar-refractivity contribution in [2.24, 2.45) is 0 Å². The van der Waals surface area contributed by atoms with Crippen molar-refractivity contribution in [1.29, 1.82) is 0 Å². The molecule has 0 spiro atoms. The third-order valence-corrected chi connectivity index (χ3v) is 4.74. The van der Waals surface area contributed by atoms with Crippen molar-refractivity contribution in [1.82, 2.24) is 5.32 Å². The maximum absolute atomic E-state index is 6.17. The molecule has 28 heavy (non-hydrogen) atoms. The van der Waals surface area contributed by atoms with Gasteiger partial charge in [-0.05, 0) is 47.5 Å². The van der Waals surface area contributed by atoms with E-state index in [0.717, 1.165) is 30.2 Å². The van der Waals surface area contributed by atoms with Crippen molar-refractivity contribution in [3.63, 3.8) is 0 Å². The van der Waals surface area contributed by atoms with Crippen LogP contribution in [0.15, 0.2) is 66.7 Å². The maximum atomic E-state index is 6.17. The Hall–Kier alpha value is -1.91. The highest BCUT2D eigenvalue weighted by Gasteiger charge is 2.03. The van der Waals surface area contributed by atoms with E-state index < -0.39 is 0 Å². The lowest BCUT2D eigenvalue weighted by Crippen LogP contribution is -2.12. The number of hydrogen-bond acceptors (Lipinski definition) is 3. The van der Waals surface area contributed by atoms with E-state index in [1.165, 1.54) is 11.1 Å². The monoisotopic (exact) mass is 437 g/mol. The van der Waals surface area contributed by atoms with E-state index in [1.807, 2.05) is 36.4 Å². The highest BCUT2D eigenvalue weighted by molar-refractivity contribution is 6.35. The zero-order valence-electron chi connectivity index (χ0n) is 15.5. The summed E-state index contributed by atoms with van der Waals surface area (Å²) in [6, 6.07) is 21.5. The third-order valence-electron chi connectivity index (χ3n) is 4.15. The second kappa shape index (κ2) is 11.2. The first kappa shape index (κ1) is 22.4. The van der Waals surface area contributed by atoms with Gasteiger partial charge in [0.1, 0.15) is 18.1 Å². The summed E-state index contributed by atoms with van der Waals surface area (Å²) in [5.74, 6) is 1.68. The molecule has 0 atom stereocenters. The molecule has 0 aromatic heterocycles. The minimum Gasteiger partial charge on any atom is -0.497 e. The number of hydrogen-bond donors (Lipinski definition) is 1. The maximum Gasteiger partial charge on any atom is 0.119 e. The van der Waals surface area contributed by atoms with Gasteiger partial charge >= 0.3 is 0 Å². The molecule has 1 N–H and O–H groups in total. The van der Waals surface area contributed by atoms with Gasteiger partial charge < -0.3 is 14.8 Å². The Morgan fingerprint density at radius 1 is 0.786 bits per heavy atom. The van der Waals surface area contributed by atoms with Crippen LogP contribution >= 0.6 is 35.6 Å². The Kier molecular flexibility index (Phi) is 8.94. The number of halogens is 3. The average molecular weight is 439 g/mol. The number of benzene rings is 3. The first-order valence-electron chi connectivity index (χ1n) is 8.63. The molecule has 0 aliphatic heterocycles. The first-order chi connectivity index (χ1) is 13.1. The molecule has 0 radical (unpaired) electrons. The molecule has 3 nitrogen and oxygen atoms in total. The Morgan fingerprint density at radius 2 is 1.36 bits per heavy atom. The van der Waals surface area contributed by atoms with E-state index in [-0.39, 0.29) is 12.4 Å². The largest absolute Gasteiger partial charge is 0.497 e. The first-order valence-corrected chi connectivity index (χ1v) is 9.39. The molecule has 3 aromatic carbocycles. The second-order valence-electron chi connectivity index (χ2n) is 6.12. The molecule has 0 amide bonds. The number of methoxy groups -OCH3 is 1. The van der Waals surface area contributed by atoms with Crippen molar-refractivity contribution in [3.05, 3.63) is 93.5 Å². The summed E-state index contributed by atoms with van der Waals surface area (Å²) in [4.78, 5) is 0. The van der Waals surface area contributed by atoms with Gasteiger partial charge in [-0.15, -0.1) is 12.4 Å². The van der Waals surface area contributed by atoms with Crippen LogP contribution in [0.1, 0.15) is 16.7 Å². The smallest absolute Gasteiger partial charge is 0.119 e. The van der Waals surface area contributed by atoms with Gasteiger partial charge in [-0.2, -0.15) is 0 Å². The third kappa shape index (κ3) is 6.61. The molecular formula is C22H22Cl3NO2. The van der Waals surface area contributed by atoms with Crippen LogP contribution in [0.5, 0.6) is 11.5 Å². The molecule has 148 valence electrons. The van der Waals surface area contributed by atoms with Gasteiger partial charge in [-0.25, -0.2) is 0 Å². The van der Waals surface area contributed by atoms with E-state index in [4.69, 9.17) is 32.7 Å². The molecule has 3 aromatic rings. The van der Waals surface area contributed by atoms with Crippen molar-refractivity contribution in [2.45, 2.75) is 19.7 Å². The summed E-state index contributed by atoms with van der Waals surface area (Å²) in [6.07, 6.45) is 0.